The van der Waals surface area contributed by atoms with Crippen molar-refractivity contribution in [3.63, 3.8) is 0 Å². The van der Waals surface area contributed by atoms with Gasteiger partial charge in [-0.3, -0.25) is 0 Å². The summed E-state index contributed by atoms with van der Waals surface area (Å²) < 4.78 is 0. The lowest BCUT2D eigenvalue weighted by Gasteiger charge is -2.27. The quantitative estimate of drug-likeness (QED) is 0.169. The van der Waals surface area contributed by atoms with Crippen LogP contribution in [-0.2, 0) is 21.7 Å². The van der Waals surface area contributed by atoms with Crippen molar-refractivity contribution in [2.24, 2.45) is 0 Å². The van der Waals surface area contributed by atoms with Crippen LogP contribution in [0.5, 0.6) is 0 Å². The molecule has 0 aliphatic heterocycles. The molecule has 0 spiro atoms. The molecule has 1 heterocycles. The fourth-order valence-electron chi connectivity index (χ4n) is 7.20. The zero-order chi connectivity index (χ0) is 41.6. The molecule has 0 unspecified atom stereocenters. The molecule has 0 N–H and O–H groups in total. The van der Waals surface area contributed by atoms with Gasteiger partial charge < -0.3 is 0 Å². The van der Waals surface area contributed by atoms with Gasteiger partial charge in [-0.25, -0.2) is 15.0 Å². The maximum atomic E-state index is 4.98. The average molecular weight is 762 g/mol. The Labute approximate surface area is 347 Å². The first-order valence-corrected chi connectivity index (χ1v) is 20.7. The summed E-state index contributed by atoms with van der Waals surface area (Å²) in [5.41, 5.74) is 15.5. The zero-order valence-corrected chi connectivity index (χ0v) is 36.6. The third-order valence-electron chi connectivity index (χ3n) is 11.1. The van der Waals surface area contributed by atoms with Crippen LogP contribution in [0.15, 0.2) is 140 Å². The predicted octanol–water partition coefficient (Wildman–Crippen LogP) is 15.1. The lowest BCUT2D eigenvalue weighted by molar-refractivity contribution is 0.569. The van der Waals surface area contributed by atoms with Crippen molar-refractivity contribution in [3.05, 3.63) is 162 Å². The molecular weight excluding hydrogens is 703 g/mol. The molecule has 0 atom stereocenters. The van der Waals surface area contributed by atoms with E-state index in [2.05, 4.69) is 162 Å². The van der Waals surface area contributed by atoms with Gasteiger partial charge in [0.1, 0.15) is 0 Å². The molecule has 7 rings (SSSR count). The SMILES string of the molecule is CC(C)(C)c1cc(-c2ccc(-c3nc(-c4ccccc4)nc(-c4ccccc4)n3)cc2)cc(-c2cc(-c3cc(C(C)(C)C)cc(C(C)(C)C)c3)cc(C(C)(C)C)c2)c1. The van der Waals surface area contributed by atoms with Gasteiger partial charge in [0, 0.05) is 16.7 Å². The molecule has 0 saturated carbocycles. The van der Waals surface area contributed by atoms with Crippen LogP contribution in [0.1, 0.15) is 105 Å². The second-order valence-electron chi connectivity index (χ2n) is 20.0. The van der Waals surface area contributed by atoms with Crippen LogP contribution in [0.2, 0.25) is 0 Å². The lowest BCUT2D eigenvalue weighted by Crippen LogP contribution is -2.16. The van der Waals surface area contributed by atoms with Crippen molar-refractivity contribution < 1.29 is 0 Å². The summed E-state index contributed by atoms with van der Waals surface area (Å²) in [6.07, 6.45) is 0. The molecule has 3 heteroatoms. The number of rotatable bonds is 6. The summed E-state index contributed by atoms with van der Waals surface area (Å²) in [6, 6.07) is 50.6. The van der Waals surface area contributed by atoms with Crippen LogP contribution in [0.3, 0.4) is 0 Å². The molecule has 0 radical (unpaired) electrons. The molecule has 0 fully saturated rings. The van der Waals surface area contributed by atoms with Crippen LogP contribution < -0.4 is 0 Å². The van der Waals surface area contributed by atoms with E-state index in [0.717, 1.165) is 22.3 Å². The Hall–Kier alpha value is -5.67. The molecule has 0 aliphatic carbocycles. The van der Waals surface area contributed by atoms with Crippen molar-refractivity contribution >= 4 is 0 Å². The number of hydrogen-bond acceptors (Lipinski definition) is 3. The number of benzene rings is 6. The summed E-state index contributed by atoms with van der Waals surface area (Å²) in [4.78, 5) is 14.8. The topological polar surface area (TPSA) is 38.7 Å². The number of nitrogens with zero attached hydrogens (tertiary/aromatic N) is 3. The van der Waals surface area contributed by atoms with Crippen LogP contribution in [-0.4, -0.2) is 15.0 Å². The minimum Gasteiger partial charge on any atom is -0.208 e. The van der Waals surface area contributed by atoms with Gasteiger partial charge in [0.15, 0.2) is 17.5 Å². The normalized spacial score (nSPS) is 12.5. The molecule has 7 aromatic rings. The van der Waals surface area contributed by atoms with Gasteiger partial charge in [-0.05, 0) is 89.4 Å². The fourth-order valence-corrected chi connectivity index (χ4v) is 7.20. The Morgan fingerprint density at radius 1 is 0.241 bits per heavy atom. The summed E-state index contributed by atoms with van der Waals surface area (Å²) >= 11 is 0. The van der Waals surface area contributed by atoms with E-state index in [4.69, 9.17) is 15.0 Å². The summed E-state index contributed by atoms with van der Waals surface area (Å²) in [5, 5.41) is 0. The summed E-state index contributed by atoms with van der Waals surface area (Å²) in [6.45, 7) is 27.8. The Morgan fingerprint density at radius 3 is 0.793 bits per heavy atom. The highest BCUT2D eigenvalue weighted by atomic mass is 15.0. The van der Waals surface area contributed by atoms with Crippen molar-refractivity contribution in [2.75, 3.05) is 0 Å². The van der Waals surface area contributed by atoms with E-state index < -0.39 is 0 Å². The van der Waals surface area contributed by atoms with E-state index >= 15 is 0 Å². The summed E-state index contributed by atoms with van der Waals surface area (Å²) in [5.74, 6) is 1.97. The number of hydrogen-bond donors (Lipinski definition) is 0. The third-order valence-corrected chi connectivity index (χ3v) is 11.1. The Morgan fingerprint density at radius 2 is 0.483 bits per heavy atom. The minimum atomic E-state index is -0.0512. The van der Waals surface area contributed by atoms with Gasteiger partial charge >= 0.3 is 0 Å². The van der Waals surface area contributed by atoms with Crippen molar-refractivity contribution in [3.8, 4) is 67.5 Å². The maximum Gasteiger partial charge on any atom is 0.164 e. The first-order valence-electron chi connectivity index (χ1n) is 20.7. The fraction of sp³-hybridized carbons (Fsp3) is 0.291. The minimum absolute atomic E-state index is 0.0316. The van der Waals surface area contributed by atoms with Crippen LogP contribution in [0.25, 0.3) is 67.5 Å². The Kier molecular flexibility index (Phi) is 10.7. The van der Waals surface area contributed by atoms with Gasteiger partial charge in [-0.15, -0.1) is 0 Å². The zero-order valence-electron chi connectivity index (χ0n) is 36.6. The van der Waals surface area contributed by atoms with E-state index in [1.54, 1.807) is 0 Å². The van der Waals surface area contributed by atoms with Gasteiger partial charge in [0.25, 0.3) is 0 Å². The van der Waals surface area contributed by atoms with Crippen molar-refractivity contribution in [1.29, 1.82) is 0 Å². The first kappa shape index (κ1) is 40.5. The largest absolute Gasteiger partial charge is 0.208 e. The molecule has 58 heavy (non-hydrogen) atoms. The molecule has 0 aliphatic rings. The van der Waals surface area contributed by atoms with Crippen molar-refractivity contribution in [2.45, 2.75) is 105 Å². The van der Waals surface area contributed by atoms with Gasteiger partial charge in [0.05, 0.1) is 0 Å². The third kappa shape index (κ3) is 9.05. The average Bonchev–Trinajstić information content (AvgIpc) is 3.19. The van der Waals surface area contributed by atoms with Crippen LogP contribution in [0.4, 0.5) is 0 Å². The monoisotopic (exact) mass is 761 g/mol. The highest BCUT2D eigenvalue weighted by Crippen LogP contribution is 2.40. The smallest absolute Gasteiger partial charge is 0.164 e. The van der Waals surface area contributed by atoms with Crippen molar-refractivity contribution in [1.82, 2.24) is 15.0 Å². The molecule has 0 saturated heterocycles. The predicted molar refractivity (Wildman–Crippen MR) is 247 cm³/mol. The first-order chi connectivity index (χ1) is 27.2. The molecule has 1 aromatic heterocycles. The maximum absolute atomic E-state index is 4.98. The van der Waals surface area contributed by atoms with E-state index in [9.17, 15) is 0 Å². The Balaban J connectivity index is 1.35. The second-order valence-corrected chi connectivity index (χ2v) is 20.0. The van der Waals surface area contributed by atoms with Crippen LogP contribution >= 0.6 is 0 Å². The van der Waals surface area contributed by atoms with E-state index in [1.165, 1.54) is 50.1 Å². The van der Waals surface area contributed by atoms with Crippen LogP contribution in [0, 0.1) is 0 Å². The van der Waals surface area contributed by atoms with E-state index in [1.807, 2.05) is 60.7 Å². The molecule has 3 nitrogen and oxygen atoms in total. The lowest BCUT2D eigenvalue weighted by atomic mass is 9.77. The summed E-state index contributed by atoms with van der Waals surface area (Å²) in [7, 11) is 0. The van der Waals surface area contributed by atoms with Gasteiger partial charge in [-0.2, -0.15) is 0 Å². The standard InChI is InChI=1S/C55H59N3/c1-52(2,3)45-29-40(36-23-25-39(26-24-36)51-57-49(37-19-15-13-16-20-37)56-50(58-51)38-21-17-14-18-22-38)27-41(30-45)42-28-43(32-46(31-42)53(4,5)6)44-33-47(54(7,8)9)35-48(34-44)55(10,11)12/h13-35H,1-12H3. The van der Waals surface area contributed by atoms with Gasteiger partial charge in [0.2, 0.25) is 0 Å². The van der Waals surface area contributed by atoms with E-state index in [-0.39, 0.29) is 21.7 Å². The molecular formula is C55H59N3. The Bertz CT molecular complexity index is 2460. The highest BCUT2D eigenvalue weighted by Gasteiger charge is 2.24. The highest BCUT2D eigenvalue weighted by molar-refractivity contribution is 5.80. The molecule has 0 bridgehead atoms. The second kappa shape index (κ2) is 15.3. The molecule has 0 amide bonds. The molecule has 6 aromatic carbocycles. The molecule has 294 valence electrons. The van der Waals surface area contributed by atoms with Gasteiger partial charge in [-0.1, -0.05) is 210 Å². The number of aromatic nitrogens is 3. The van der Waals surface area contributed by atoms with E-state index in [0.29, 0.717) is 17.5 Å².